The summed E-state index contributed by atoms with van der Waals surface area (Å²) in [5.74, 6) is 0.748. The lowest BCUT2D eigenvalue weighted by Crippen LogP contribution is -2.24. The van der Waals surface area contributed by atoms with Gasteiger partial charge in [0.15, 0.2) is 0 Å². The van der Waals surface area contributed by atoms with Gasteiger partial charge >= 0.3 is 5.69 Å². The number of hydrogen-bond acceptors (Lipinski definition) is 3. The molecule has 0 aliphatic carbocycles. The second-order valence-electron chi connectivity index (χ2n) is 4.97. The fraction of sp³-hybridized carbons (Fsp3) is 0.438. The molecule has 1 heterocycles. The van der Waals surface area contributed by atoms with E-state index in [0.29, 0.717) is 19.7 Å². The average Bonchev–Trinajstić information content (AvgIpc) is 2.81. The first-order valence-electron chi connectivity index (χ1n) is 7.26. The van der Waals surface area contributed by atoms with E-state index in [1.165, 1.54) is 0 Å². The zero-order valence-corrected chi connectivity index (χ0v) is 12.7. The third-order valence-electron chi connectivity index (χ3n) is 3.47. The van der Waals surface area contributed by atoms with Crippen molar-refractivity contribution in [1.82, 2.24) is 9.13 Å². The molecule has 2 rings (SSSR count). The molecule has 0 saturated carbocycles. The van der Waals surface area contributed by atoms with Gasteiger partial charge < -0.3 is 9.84 Å². The topological polar surface area (TPSA) is 56.4 Å². The van der Waals surface area contributed by atoms with E-state index in [-0.39, 0.29) is 5.69 Å². The van der Waals surface area contributed by atoms with Gasteiger partial charge in [0.1, 0.15) is 5.75 Å². The molecule has 0 aliphatic rings. The molecule has 0 spiro atoms. The molecule has 0 fully saturated rings. The molecule has 0 saturated heterocycles. The highest BCUT2D eigenvalue weighted by atomic mass is 16.5. The van der Waals surface area contributed by atoms with Crippen LogP contribution >= 0.6 is 0 Å². The van der Waals surface area contributed by atoms with Crippen molar-refractivity contribution < 1.29 is 9.84 Å². The van der Waals surface area contributed by atoms with Gasteiger partial charge in [0, 0.05) is 24.5 Å². The van der Waals surface area contributed by atoms with Crippen LogP contribution in [0.4, 0.5) is 0 Å². The monoisotopic (exact) mass is 290 g/mol. The minimum Gasteiger partial charge on any atom is -0.494 e. The second-order valence-corrected chi connectivity index (χ2v) is 4.97. The van der Waals surface area contributed by atoms with Crippen LogP contribution in [0, 0.1) is 0 Å². The quantitative estimate of drug-likeness (QED) is 0.887. The standard InChI is InChI=1S/C16H22N2O3/c1-4-17-8-9-18(16(17)20)11-14-10-13(12(3)19)6-7-15(14)21-5-2/h6-10,12,19H,4-5,11H2,1-3H3. The Bertz CT molecular complexity index is 656. The molecule has 21 heavy (non-hydrogen) atoms. The van der Waals surface area contributed by atoms with E-state index in [9.17, 15) is 9.90 Å². The molecule has 0 aliphatic heterocycles. The van der Waals surface area contributed by atoms with Crippen LogP contribution in [0.5, 0.6) is 5.75 Å². The Morgan fingerprint density at radius 1 is 1.24 bits per heavy atom. The first kappa shape index (κ1) is 15.4. The summed E-state index contributed by atoms with van der Waals surface area (Å²) in [7, 11) is 0. The summed E-state index contributed by atoms with van der Waals surface area (Å²) in [5.41, 5.74) is 1.67. The molecule has 2 aromatic rings. The molecule has 5 heteroatoms. The van der Waals surface area contributed by atoms with Crippen LogP contribution in [-0.2, 0) is 13.1 Å². The van der Waals surface area contributed by atoms with Crippen LogP contribution < -0.4 is 10.4 Å². The average molecular weight is 290 g/mol. The SMILES string of the molecule is CCOc1ccc(C(C)O)cc1Cn1ccn(CC)c1=O. The fourth-order valence-corrected chi connectivity index (χ4v) is 2.28. The number of hydrogen-bond donors (Lipinski definition) is 1. The van der Waals surface area contributed by atoms with E-state index in [1.807, 2.05) is 32.0 Å². The Kier molecular flexibility index (Phi) is 4.85. The molecule has 1 atom stereocenters. The van der Waals surface area contributed by atoms with Crippen molar-refractivity contribution in [3.63, 3.8) is 0 Å². The van der Waals surface area contributed by atoms with Crippen molar-refractivity contribution in [3.8, 4) is 5.75 Å². The number of aryl methyl sites for hydroxylation is 1. The van der Waals surface area contributed by atoms with Crippen LogP contribution in [0.3, 0.4) is 0 Å². The van der Waals surface area contributed by atoms with Gasteiger partial charge in [0.25, 0.3) is 0 Å². The highest BCUT2D eigenvalue weighted by Gasteiger charge is 2.10. The van der Waals surface area contributed by atoms with Crippen molar-refractivity contribution in [2.45, 2.75) is 40.0 Å². The Hall–Kier alpha value is -2.01. The van der Waals surface area contributed by atoms with Gasteiger partial charge in [-0.25, -0.2) is 4.79 Å². The van der Waals surface area contributed by atoms with Gasteiger partial charge in [0.05, 0.1) is 19.3 Å². The predicted molar refractivity (Wildman–Crippen MR) is 81.7 cm³/mol. The van der Waals surface area contributed by atoms with Gasteiger partial charge in [-0.1, -0.05) is 6.07 Å². The number of nitrogens with zero attached hydrogens (tertiary/aromatic N) is 2. The summed E-state index contributed by atoms with van der Waals surface area (Å²) >= 11 is 0. The number of aliphatic hydroxyl groups is 1. The molecule has 0 radical (unpaired) electrons. The van der Waals surface area contributed by atoms with Gasteiger partial charge in [-0.2, -0.15) is 0 Å². The van der Waals surface area contributed by atoms with E-state index >= 15 is 0 Å². The Morgan fingerprint density at radius 2 is 1.95 bits per heavy atom. The molecular formula is C16H22N2O3. The molecule has 5 nitrogen and oxygen atoms in total. The number of imidazole rings is 1. The fourth-order valence-electron chi connectivity index (χ4n) is 2.28. The van der Waals surface area contributed by atoms with Crippen molar-refractivity contribution in [3.05, 3.63) is 52.2 Å². The minimum absolute atomic E-state index is 0.0394. The third kappa shape index (κ3) is 3.36. The number of rotatable bonds is 6. The summed E-state index contributed by atoms with van der Waals surface area (Å²) in [4.78, 5) is 12.1. The molecule has 1 unspecified atom stereocenters. The highest BCUT2D eigenvalue weighted by molar-refractivity contribution is 5.38. The van der Waals surface area contributed by atoms with Crippen LogP contribution in [0.15, 0.2) is 35.4 Å². The van der Waals surface area contributed by atoms with Gasteiger partial charge in [-0.05, 0) is 38.5 Å². The number of ether oxygens (including phenoxy) is 1. The van der Waals surface area contributed by atoms with Crippen LogP contribution in [0.1, 0.15) is 38.0 Å². The summed E-state index contributed by atoms with van der Waals surface area (Å²) in [6, 6.07) is 5.59. The second kappa shape index (κ2) is 6.63. The van der Waals surface area contributed by atoms with Gasteiger partial charge in [-0.15, -0.1) is 0 Å². The molecule has 1 aromatic carbocycles. The lowest BCUT2D eigenvalue weighted by Gasteiger charge is -2.13. The van der Waals surface area contributed by atoms with E-state index in [0.717, 1.165) is 16.9 Å². The maximum atomic E-state index is 12.1. The van der Waals surface area contributed by atoms with Crippen molar-refractivity contribution >= 4 is 0 Å². The highest BCUT2D eigenvalue weighted by Crippen LogP contribution is 2.24. The largest absolute Gasteiger partial charge is 0.494 e. The van der Waals surface area contributed by atoms with Gasteiger partial charge in [-0.3, -0.25) is 9.13 Å². The Balaban J connectivity index is 2.38. The summed E-state index contributed by atoms with van der Waals surface area (Å²) in [5, 5.41) is 9.72. The summed E-state index contributed by atoms with van der Waals surface area (Å²) < 4.78 is 8.91. The number of benzene rings is 1. The normalized spacial score (nSPS) is 12.4. The zero-order valence-electron chi connectivity index (χ0n) is 12.7. The van der Waals surface area contributed by atoms with E-state index < -0.39 is 6.10 Å². The molecule has 1 aromatic heterocycles. The maximum absolute atomic E-state index is 12.1. The van der Waals surface area contributed by atoms with Crippen molar-refractivity contribution in [2.24, 2.45) is 0 Å². The first-order valence-corrected chi connectivity index (χ1v) is 7.26. The van der Waals surface area contributed by atoms with Crippen LogP contribution in [0.2, 0.25) is 0 Å². The smallest absolute Gasteiger partial charge is 0.328 e. The van der Waals surface area contributed by atoms with Crippen LogP contribution in [0.25, 0.3) is 0 Å². The van der Waals surface area contributed by atoms with E-state index in [1.54, 1.807) is 28.5 Å². The maximum Gasteiger partial charge on any atom is 0.328 e. The zero-order chi connectivity index (χ0) is 15.4. The Morgan fingerprint density at radius 3 is 2.52 bits per heavy atom. The first-order chi connectivity index (χ1) is 10.1. The third-order valence-corrected chi connectivity index (χ3v) is 3.47. The van der Waals surface area contributed by atoms with E-state index in [4.69, 9.17) is 4.74 Å². The number of aromatic nitrogens is 2. The minimum atomic E-state index is -0.545. The van der Waals surface area contributed by atoms with Crippen molar-refractivity contribution in [1.29, 1.82) is 0 Å². The Labute approximate surface area is 124 Å². The lowest BCUT2D eigenvalue weighted by molar-refractivity contribution is 0.199. The molecule has 0 amide bonds. The molecule has 114 valence electrons. The van der Waals surface area contributed by atoms with Crippen molar-refractivity contribution in [2.75, 3.05) is 6.61 Å². The summed E-state index contributed by atoms with van der Waals surface area (Å²) in [6.07, 6.45) is 3.01. The predicted octanol–water partition coefficient (Wildman–Crippen LogP) is 2.17. The molecule has 1 N–H and O–H groups in total. The summed E-state index contributed by atoms with van der Waals surface area (Å²) in [6.45, 7) is 7.22. The molecule has 0 bridgehead atoms. The lowest BCUT2D eigenvalue weighted by atomic mass is 10.1. The van der Waals surface area contributed by atoms with Gasteiger partial charge in [0.2, 0.25) is 0 Å². The molecular weight excluding hydrogens is 268 g/mol. The van der Waals surface area contributed by atoms with E-state index in [2.05, 4.69) is 0 Å². The number of aliphatic hydroxyl groups excluding tert-OH is 1. The van der Waals surface area contributed by atoms with Crippen LogP contribution in [-0.4, -0.2) is 20.8 Å².